The standard InChI is InChI=1S/C16H21N3O3/c1-4-14-17-18-15(19(14)3)11-22-16(20)9-10-21-13-7-5-12(2)6-8-13/h5-8H,4,9-11H2,1-3H3. The second-order valence-electron chi connectivity index (χ2n) is 5.02. The van der Waals surface area contributed by atoms with Crippen LogP contribution in [-0.4, -0.2) is 27.3 Å². The van der Waals surface area contributed by atoms with Crippen LogP contribution in [0.5, 0.6) is 5.75 Å². The van der Waals surface area contributed by atoms with Gasteiger partial charge in [-0.1, -0.05) is 24.6 Å². The number of benzene rings is 1. The lowest BCUT2D eigenvalue weighted by Gasteiger charge is -2.07. The van der Waals surface area contributed by atoms with E-state index in [4.69, 9.17) is 9.47 Å². The summed E-state index contributed by atoms with van der Waals surface area (Å²) in [5, 5.41) is 8.02. The molecule has 0 saturated heterocycles. The largest absolute Gasteiger partial charge is 0.493 e. The van der Waals surface area contributed by atoms with E-state index in [1.165, 1.54) is 5.56 Å². The molecule has 0 fully saturated rings. The molecule has 0 bridgehead atoms. The van der Waals surface area contributed by atoms with Crippen LogP contribution in [0.4, 0.5) is 0 Å². The first-order valence-electron chi connectivity index (χ1n) is 7.32. The van der Waals surface area contributed by atoms with Gasteiger partial charge in [-0.3, -0.25) is 4.79 Å². The molecule has 0 unspecified atom stereocenters. The molecular formula is C16H21N3O3. The van der Waals surface area contributed by atoms with Crippen LogP contribution in [0.3, 0.4) is 0 Å². The molecule has 1 heterocycles. The zero-order valence-electron chi connectivity index (χ0n) is 13.2. The van der Waals surface area contributed by atoms with Gasteiger partial charge in [0.25, 0.3) is 0 Å². The van der Waals surface area contributed by atoms with Crippen molar-refractivity contribution in [2.45, 2.75) is 33.3 Å². The van der Waals surface area contributed by atoms with Gasteiger partial charge < -0.3 is 14.0 Å². The quantitative estimate of drug-likeness (QED) is 0.734. The summed E-state index contributed by atoms with van der Waals surface area (Å²) < 4.78 is 12.5. The van der Waals surface area contributed by atoms with Gasteiger partial charge in [0, 0.05) is 13.5 Å². The average molecular weight is 303 g/mol. The summed E-state index contributed by atoms with van der Waals surface area (Å²) in [5.74, 6) is 1.95. The third kappa shape index (κ3) is 4.31. The van der Waals surface area contributed by atoms with Crippen molar-refractivity contribution in [2.24, 2.45) is 7.05 Å². The van der Waals surface area contributed by atoms with E-state index in [2.05, 4.69) is 10.2 Å². The molecule has 0 spiro atoms. The minimum Gasteiger partial charge on any atom is -0.493 e. The van der Waals surface area contributed by atoms with Crippen molar-refractivity contribution < 1.29 is 14.3 Å². The summed E-state index contributed by atoms with van der Waals surface area (Å²) >= 11 is 0. The molecule has 2 aromatic rings. The smallest absolute Gasteiger partial charge is 0.309 e. The molecule has 0 N–H and O–H groups in total. The third-order valence-corrected chi connectivity index (χ3v) is 3.33. The van der Waals surface area contributed by atoms with E-state index in [0.717, 1.165) is 18.0 Å². The maximum Gasteiger partial charge on any atom is 0.309 e. The van der Waals surface area contributed by atoms with E-state index in [9.17, 15) is 4.79 Å². The van der Waals surface area contributed by atoms with Crippen LogP contribution in [0.2, 0.25) is 0 Å². The molecule has 0 aliphatic carbocycles. The zero-order valence-corrected chi connectivity index (χ0v) is 13.2. The van der Waals surface area contributed by atoms with Crippen molar-refractivity contribution >= 4 is 5.97 Å². The Bertz CT molecular complexity index is 620. The van der Waals surface area contributed by atoms with E-state index >= 15 is 0 Å². The highest BCUT2D eigenvalue weighted by atomic mass is 16.5. The molecule has 0 saturated carbocycles. The molecule has 0 aliphatic rings. The summed E-state index contributed by atoms with van der Waals surface area (Å²) in [4.78, 5) is 11.7. The van der Waals surface area contributed by atoms with Gasteiger partial charge in [0.05, 0.1) is 13.0 Å². The molecule has 118 valence electrons. The lowest BCUT2D eigenvalue weighted by molar-refractivity contribution is -0.145. The fourth-order valence-electron chi connectivity index (χ4n) is 1.94. The molecule has 1 aromatic carbocycles. The minimum atomic E-state index is -0.312. The summed E-state index contributed by atoms with van der Waals surface area (Å²) in [5.41, 5.74) is 1.17. The Balaban J connectivity index is 1.71. The van der Waals surface area contributed by atoms with Gasteiger partial charge in [-0.15, -0.1) is 10.2 Å². The van der Waals surface area contributed by atoms with Crippen molar-refractivity contribution in [3.63, 3.8) is 0 Å². The average Bonchev–Trinajstić information content (AvgIpc) is 2.87. The number of rotatable bonds is 7. The first-order valence-corrected chi connectivity index (χ1v) is 7.32. The molecular weight excluding hydrogens is 282 g/mol. The Labute approximate surface area is 130 Å². The lowest BCUT2D eigenvalue weighted by atomic mass is 10.2. The molecule has 0 radical (unpaired) electrons. The van der Waals surface area contributed by atoms with Gasteiger partial charge in [-0.05, 0) is 19.1 Å². The van der Waals surface area contributed by atoms with Crippen LogP contribution in [0.25, 0.3) is 0 Å². The summed E-state index contributed by atoms with van der Waals surface area (Å²) in [7, 11) is 1.86. The highest BCUT2D eigenvalue weighted by molar-refractivity contribution is 5.69. The van der Waals surface area contributed by atoms with Gasteiger partial charge in [-0.25, -0.2) is 0 Å². The van der Waals surface area contributed by atoms with Crippen molar-refractivity contribution in [1.29, 1.82) is 0 Å². The predicted molar refractivity (Wildman–Crippen MR) is 81.5 cm³/mol. The fourth-order valence-corrected chi connectivity index (χ4v) is 1.94. The predicted octanol–water partition coefficient (Wildman–Crippen LogP) is 2.20. The lowest BCUT2D eigenvalue weighted by Crippen LogP contribution is -2.12. The number of carbonyl (C=O) groups is 1. The topological polar surface area (TPSA) is 66.2 Å². The van der Waals surface area contributed by atoms with Gasteiger partial charge in [0.15, 0.2) is 12.4 Å². The first-order chi connectivity index (χ1) is 10.6. The second-order valence-corrected chi connectivity index (χ2v) is 5.02. The van der Waals surface area contributed by atoms with Gasteiger partial charge in [0.2, 0.25) is 0 Å². The number of aryl methyl sites for hydroxylation is 2. The van der Waals surface area contributed by atoms with E-state index < -0.39 is 0 Å². The molecule has 2 rings (SSSR count). The van der Waals surface area contributed by atoms with Crippen molar-refractivity contribution in [3.05, 3.63) is 41.5 Å². The number of carbonyl (C=O) groups excluding carboxylic acids is 1. The number of nitrogens with zero attached hydrogens (tertiary/aromatic N) is 3. The number of hydrogen-bond acceptors (Lipinski definition) is 5. The maximum atomic E-state index is 11.7. The van der Waals surface area contributed by atoms with Gasteiger partial charge >= 0.3 is 5.97 Å². The molecule has 1 aromatic heterocycles. The molecule has 6 heteroatoms. The second kappa shape index (κ2) is 7.59. The molecule has 0 aliphatic heterocycles. The summed E-state index contributed by atoms with van der Waals surface area (Å²) in [6.07, 6.45) is 0.994. The van der Waals surface area contributed by atoms with Crippen LogP contribution in [0.15, 0.2) is 24.3 Å². The van der Waals surface area contributed by atoms with Gasteiger partial charge in [0.1, 0.15) is 11.6 Å². The van der Waals surface area contributed by atoms with Crippen molar-refractivity contribution in [1.82, 2.24) is 14.8 Å². The SMILES string of the molecule is CCc1nnc(COC(=O)CCOc2ccc(C)cc2)n1C. The van der Waals surface area contributed by atoms with Crippen molar-refractivity contribution in [3.8, 4) is 5.75 Å². The number of aromatic nitrogens is 3. The highest BCUT2D eigenvalue weighted by Crippen LogP contribution is 2.11. The van der Waals surface area contributed by atoms with Crippen molar-refractivity contribution in [2.75, 3.05) is 6.61 Å². The van der Waals surface area contributed by atoms with Crippen LogP contribution >= 0.6 is 0 Å². The zero-order chi connectivity index (χ0) is 15.9. The summed E-state index contributed by atoms with van der Waals surface area (Å²) in [6, 6.07) is 7.69. The highest BCUT2D eigenvalue weighted by Gasteiger charge is 2.10. The maximum absolute atomic E-state index is 11.7. The van der Waals surface area contributed by atoms with E-state index in [0.29, 0.717) is 12.4 Å². The van der Waals surface area contributed by atoms with E-state index in [1.54, 1.807) is 0 Å². The Morgan fingerprint density at radius 2 is 1.86 bits per heavy atom. The Hall–Kier alpha value is -2.37. The van der Waals surface area contributed by atoms with Crippen LogP contribution in [-0.2, 0) is 29.6 Å². The first kappa shape index (κ1) is 16.0. The minimum absolute atomic E-state index is 0.132. The number of hydrogen-bond donors (Lipinski definition) is 0. The molecule has 0 amide bonds. The Morgan fingerprint density at radius 1 is 1.18 bits per heavy atom. The normalized spacial score (nSPS) is 10.5. The van der Waals surface area contributed by atoms with E-state index in [-0.39, 0.29) is 19.0 Å². The van der Waals surface area contributed by atoms with E-state index in [1.807, 2.05) is 49.7 Å². The monoisotopic (exact) mass is 303 g/mol. The van der Waals surface area contributed by atoms with Crippen LogP contribution < -0.4 is 4.74 Å². The summed E-state index contributed by atoms with van der Waals surface area (Å²) in [6.45, 7) is 4.44. The number of esters is 1. The van der Waals surface area contributed by atoms with Crippen LogP contribution in [0, 0.1) is 6.92 Å². The Morgan fingerprint density at radius 3 is 2.50 bits per heavy atom. The molecule has 6 nitrogen and oxygen atoms in total. The molecule has 0 atom stereocenters. The Kier molecular flexibility index (Phi) is 5.52. The number of ether oxygens (including phenoxy) is 2. The van der Waals surface area contributed by atoms with Crippen LogP contribution in [0.1, 0.15) is 30.6 Å². The molecule has 22 heavy (non-hydrogen) atoms. The van der Waals surface area contributed by atoms with Gasteiger partial charge in [-0.2, -0.15) is 0 Å². The fraction of sp³-hybridized carbons (Fsp3) is 0.438. The third-order valence-electron chi connectivity index (χ3n) is 3.33.